The van der Waals surface area contributed by atoms with Gasteiger partial charge >= 0.3 is 0 Å². The third-order valence-corrected chi connectivity index (χ3v) is 4.35. The van der Waals surface area contributed by atoms with E-state index in [0.717, 1.165) is 24.9 Å². The summed E-state index contributed by atoms with van der Waals surface area (Å²) >= 11 is 0. The molecule has 2 unspecified atom stereocenters. The standard InChI is InChI=1S/C18H26N2O3/c1-2-17(22)20-12-6-9-15(13-20)18(23)19-11-10-16(21)14-7-4-3-5-8-14/h3-5,7-8,15-16,21H,2,6,9-13H2,1H3,(H,19,23). The summed E-state index contributed by atoms with van der Waals surface area (Å²) in [6.45, 7) is 3.55. The average Bonchev–Trinajstić information content (AvgIpc) is 2.61. The van der Waals surface area contributed by atoms with Crippen molar-refractivity contribution in [2.45, 2.75) is 38.7 Å². The van der Waals surface area contributed by atoms with Crippen LogP contribution in [-0.2, 0) is 9.59 Å². The third-order valence-electron chi connectivity index (χ3n) is 4.35. The predicted molar refractivity (Wildman–Crippen MR) is 88.6 cm³/mol. The summed E-state index contributed by atoms with van der Waals surface area (Å²) in [7, 11) is 0. The summed E-state index contributed by atoms with van der Waals surface area (Å²) in [5.41, 5.74) is 0.860. The van der Waals surface area contributed by atoms with Crippen molar-refractivity contribution in [2.24, 2.45) is 5.92 Å². The van der Waals surface area contributed by atoms with Crippen molar-refractivity contribution in [1.82, 2.24) is 10.2 Å². The number of rotatable bonds is 6. The highest BCUT2D eigenvalue weighted by atomic mass is 16.3. The van der Waals surface area contributed by atoms with Crippen molar-refractivity contribution in [3.05, 3.63) is 35.9 Å². The maximum Gasteiger partial charge on any atom is 0.224 e. The van der Waals surface area contributed by atoms with E-state index in [-0.39, 0.29) is 17.7 Å². The van der Waals surface area contributed by atoms with E-state index in [2.05, 4.69) is 5.32 Å². The third kappa shape index (κ3) is 5.06. The fourth-order valence-corrected chi connectivity index (χ4v) is 2.96. The second-order valence-corrected chi connectivity index (χ2v) is 6.04. The van der Waals surface area contributed by atoms with Crippen LogP contribution >= 0.6 is 0 Å². The van der Waals surface area contributed by atoms with Crippen molar-refractivity contribution in [1.29, 1.82) is 0 Å². The number of amides is 2. The van der Waals surface area contributed by atoms with Gasteiger partial charge in [-0.2, -0.15) is 0 Å². The van der Waals surface area contributed by atoms with Gasteiger partial charge in [0.05, 0.1) is 12.0 Å². The van der Waals surface area contributed by atoms with Gasteiger partial charge in [0.25, 0.3) is 0 Å². The number of carbonyl (C=O) groups excluding carboxylic acids is 2. The molecule has 1 heterocycles. The first-order chi connectivity index (χ1) is 11.1. The molecule has 0 spiro atoms. The van der Waals surface area contributed by atoms with Gasteiger partial charge < -0.3 is 15.3 Å². The van der Waals surface area contributed by atoms with Gasteiger partial charge in [-0.3, -0.25) is 9.59 Å². The topological polar surface area (TPSA) is 69.6 Å². The Kier molecular flexibility index (Phi) is 6.59. The Morgan fingerprint density at radius 1 is 1.35 bits per heavy atom. The number of nitrogens with zero attached hydrogens (tertiary/aromatic N) is 1. The normalized spacial score (nSPS) is 19.2. The number of aliphatic hydroxyl groups excluding tert-OH is 1. The van der Waals surface area contributed by atoms with Crippen LogP contribution in [0.4, 0.5) is 0 Å². The van der Waals surface area contributed by atoms with E-state index in [4.69, 9.17) is 0 Å². The monoisotopic (exact) mass is 318 g/mol. The Morgan fingerprint density at radius 2 is 2.09 bits per heavy atom. The lowest BCUT2D eigenvalue weighted by Crippen LogP contribution is -2.45. The summed E-state index contributed by atoms with van der Waals surface area (Å²) in [4.78, 5) is 25.8. The quantitative estimate of drug-likeness (QED) is 0.841. The van der Waals surface area contributed by atoms with Crippen LogP contribution in [0.3, 0.4) is 0 Å². The number of likely N-dealkylation sites (tertiary alicyclic amines) is 1. The number of aliphatic hydroxyl groups is 1. The van der Waals surface area contributed by atoms with E-state index >= 15 is 0 Å². The fourth-order valence-electron chi connectivity index (χ4n) is 2.96. The predicted octanol–water partition coefficient (Wildman–Crippen LogP) is 1.87. The maximum absolute atomic E-state index is 12.2. The molecule has 2 amide bonds. The minimum Gasteiger partial charge on any atom is -0.388 e. The molecule has 1 saturated heterocycles. The Balaban J connectivity index is 1.75. The van der Waals surface area contributed by atoms with E-state index < -0.39 is 6.10 Å². The molecule has 0 aliphatic carbocycles. The lowest BCUT2D eigenvalue weighted by molar-refractivity contribution is -0.135. The highest BCUT2D eigenvalue weighted by Crippen LogP contribution is 2.18. The molecule has 2 rings (SSSR count). The molecule has 0 saturated carbocycles. The Hall–Kier alpha value is -1.88. The van der Waals surface area contributed by atoms with Crippen LogP contribution < -0.4 is 5.32 Å². The lowest BCUT2D eigenvalue weighted by atomic mass is 9.96. The van der Waals surface area contributed by atoms with Crippen LogP contribution in [0.2, 0.25) is 0 Å². The van der Waals surface area contributed by atoms with Crippen molar-refractivity contribution in [3.63, 3.8) is 0 Å². The first-order valence-corrected chi connectivity index (χ1v) is 8.40. The zero-order valence-corrected chi connectivity index (χ0v) is 13.7. The zero-order valence-electron chi connectivity index (χ0n) is 13.7. The Morgan fingerprint density at radius 3 is 2.78 bits per heavy atom. The van der Waals surface area contributed by atoms with Crippen LogP contribution in [0, 0.1) is 5.92 Å². The Bertz CT molecular complexity index is 518. The average molecular weight is 318 g/mol. The molecule has 1 aromatic carbocycles. The van der Waals surface area contributed by atoms with E-state index in [0.29, 0.717) is 25.9 Å². The van der Waals surface area contributed by atoms with Gasteiger partial charge in [0.1, 0.15) is 0 Å². The molecule has 2 atom stereocenters. The van der Waals surface area contributed by atoms with Gasteiger partial charge in [-0.05, 0) is 24.8 Å². The molecule has 126 valence electrons. The highest BCUT2D eigenvalue weighted by Gasteiger charge is 2.27. The number of nitrogens with one attached hydrogen (secondary N) is 1. The maximum atomic E-state index is 12.2. The van der Waals surface area contributed by atoms with E-state index in [9.17, 15) is 14.7 Å². The minimum atomic E-state index is -0.568. The number of benzene rings is 1. The van der Waals surface area contributed by atoms with E-state index in [1.54, 1.807) is 4.90 Å². The molecule has 1 aromatic rings. The second kappa shape index (κ2) is 8.67. The molecule has 0 radical (unpaired) electrons. The molecule has 0 aromatic heterocycles. The van der Waals surface area contributed by atoms with Crippen LogP contribution in [0.5, 0.6) is 0 Å². The molecule has 0 bridgehead atoms. The molecule has 23 heavy (non-hydrogen) atoms. The minimum absolute atomic E-state index is 0.0149. The fraction of sp³-hybridized carbons (Fsp3) is 0.556. The molecule has 2 N–H and O–H groups in total. The van der Waals surface area contributed by atoms with Crippen LogP contribution in [0.15, 0.2) is 30.3 Å². The molecule has 1 aliphatic rings. The van der Waals surface area contributed by atoms with E-state index in [1.165, 1.54) is 0 Å². The summed E-state index contributed by atoms with van der Waals surface area (Å²) in [6.07, 6.45) is 2.09. The number of piperidine rings is 1. The molecule has 1 fully saturated rings. The number of hydrogen-bond donors (Lipinski definition) is 2. The van der Waals surface area contributed by atoms with Crippen molar-refractivity contribution in [2.75, 3.05) is 19.6 Å². The van der Waals surface area contributed by atoms with Crippen LogP contribution in [0.1, 0.15) is 44.3 Å². The summed E-state index contributed by atoms with van der Waals surface area (Å²) in [5.74, 6) is -0.0333. The Labute approximate surface area is 137 Å². The van der Waals surface area contributed by atoms with Crippen molar-refractivity contribution < 1.29 is 14.7 Å². The first-order valence-electron chi connectivity index (χ1n) is 8.40. The molecular weight excluding hydrogens is 292 g/mol. The van der Waals surface area contributed by atoms with E-state index in [1.807, 2.05) is 37.3 Å². The van der Waals surface area contributed by atoms with Gasteiger partial charge in [0.15, 0.2) is 0 Å². The SMILES string of the molecule is CCC(=O)N1CCCC(C(=O)NCCC(O)c2ccccc2)C1. The van der Waals surface area contributed by atoms with Gasteiger partial charge in [0.2, 0.25) is 11.8 Å². The molecule has 1 aliphatic heterocycles. The summed E-state index contributed by atoms with van der Waals surface area (Å²) in [6, 6.07) is 9.44. The number of hydrogen-bond acceptors (Lipinski definition) is 3. The van der Waals surface area contributed by atoms with Gasteiger partial charge in [0, 0.05) is 26.1 Å². The molecule has 5 nitrogen and oxygen atoms in total. The van der Waals surface area contributed by atoms with Crippen LogP contribution in [0.25, 0.3) is 0 Å². The first kappa shape index (κ1) is 17.5. The molecular formula is C18H26N2O3. The number of carbonyl (C=O) groups is 2. The second-order valence-electron chi connectivity index (χ2n) is 6.04. The van der Waals surface area contributed by atoms with Gasteiger partial charge in [-0.15, -0.1) is 0 Å². The molecule has 5 heteroatoms. The van der Waals surface area contributed by atoms with Gasteiger partial charge in [-0.1, -0.05) is 37.3 Å². The van der Waals surface area contributed by atoms with Gasteiger partial charge in [-0.25, -0.2) is 0 Å². The van der Waals surface area contributed by atoms with Crippen molar-refractivity contribution in [3.8, 4) is 0 Å². The van der Waals surface area contributed by atoms with Crippen LogP contribution in [-0.4, -0.2) is 41.5 Å². The van der Waals surface area contributed by atoms with Crippen molar-refractivity contribution >= 4 is 11.8 Å². The smallest absolute Gasteiger partial charge is 0.224 e. The summed E-state index contributed by atoms with van der Waals surface area (Å²) in [5, 5.41) is 13.0. The lowest BCUT2D eigenvalue weighted by Gasteiger charge is -2.32. The highest BCUT2D eigenvalue weighted by molar-refractivity contribution is 5.81. The zero-order chi connectivity index (χ0) is 16.7. The summed E-state index contributed by atoms with van der Waals surface area (Å²) < 4.78 is 0. The largest absolute Gasteiger partial charge is 0.388 e.